The lowest BCUT2D eigenvalue weighted by Gasteiger charge is -2.17. The van der Waals surface area contributed by atoms with Crippen molar-refractivity contribution >= 4 is 21.6 Å². The van der Waals surface area contributed by atoms with Crippen molar-refractivity contribution in [1.82, 2.24) is 9.88 Å². The number of benzene rings is 1. The van der Waals surface area contributed by atoms with Crippen molar-refractivity contribution in [2.75, 3.05) is 32.0 Å². The number of amides is 1. The second kappa shape index (κ2) is 7.75. The molecule has 0 spiro atoms. The van der Waals surface area contributed by atoms with E-state index in [1.54, 1.807) is 30.9 Å². The standard InChI is InChI=1S/C19H25N3O5S/c1-12-17(19(23)22-9-5-6-10-22)18(13(2)20-12)28(24,25)21-14-7-8-15(26-3)16(11-14)27-4/h7-8,11,20-21H,5-6,9-10H2,1-4H3. The number of aromatic amines is 1. The third-order valence-electron chi connectivity index (χ3n) is 4.83. The highest BCUT2D eigenvalue weighted by Gasteiger charge is 2.32. The summed E-state index contributed by atoms with van der Waals surface area (Å²) in [5.74, 6) is 0.633. The number of carbonyl (C=O) groups excluding carboxylic acids is 1. The smallest absolute Gasteiger partial charge is 0.264 e. The van der Waals surface area contributed by atoms with E-state index >= 15 is 0 Å². The minimum Gasteiger partial charge on any atom is -0.493 e. The van der Waals surface area contributed by atoms with Crippen LogP contribution < -0.4 is 14.2 Å². The number of aryl methyl sites for hydroxylation is 2. The van der Waals surface area contributed by atoms with Crippen molar-refractivity contribution in [3.63, 3.8) is 0 Å². The van der Waals surface area contributed by atoms with E-state index in [1.165, 1.54) is 20.3 Å². The van der Waals surface area contributed by atoms with Crippen molar-refractivity contribution in [3.8, 4) is 11.5 Å². The lowest BCUT2D eigenvalue weighted by molar-refractivity contribution is 0.0788. The van der Waals surface area contributed by atoms with Crippen molar-refractivity contribution < 1.29 is 22.7 Å². The predicted octanol–water partition coefficient (Wildman–Crippen LogP) is 2.69. The number of likely N-dealkylation sites (tertiary alicyclic amines) is 1. The van der Waals surface area contributed by atoms with Crippen LogP contribution in [0.1, 0.15) is 34.6 Å². The van der Waals surface area contributed by atoms with E-state index in [4.69, 9.17) is 9.47 Å². The Bertz CT molecular complexity index is 991. The number of anilines is 1. The number of hydrogen-bond donors (Lipinski definition) is 2. The minimum atomic E-state index is -4.00. The molecule has 1 aromatic carbocycles. The molecule has 152 valence electrons. The summed E-state index contributed by atoms with van der Waals surface area (Å²) < 4.78 is 39.3. The van der Waals surface area contributed by atoms with Gasteiger partial charge in [0.2, 0.25) is 0 Å². The predicted molar refractivity (Wildman–Crippen MR) is 106 cm³/mol. The van der Waals surface area contributed by atoms with E-state index in [0.29, 0.717) is 41.7 Å². The maximum absolute atomic E-state index is 13.2. The summed E-state index contributed by atoms with van der Waals surface area (Å²) in [5.41, 5.74) is 1.48. The topological polar surface area (TPSA) is 101 Å². The highest BCUT2D eigenvalue weighted by Crippen LogP contribution is 2.32. The minimum absolute atomic E-state index is 0.0170. The summed E-state index contributed by atoms with van der Waals surface area (Å²) in [7, 11) is -1.02. The van der Waals surface area contributed by atoms with Gasteiger partial charge in [-0.15, -0.1) is 0 Å². The number of methoxy groups -OCH3 is 2. The first-order valence-electron chi connectivity index (χ1n) is 9.01. The van der Waals surface area contributed by atoms with Gasteiger partial charge in [0, 0.05) is 30.5 Å². The average Bonchev–Trinajstić information content (AvgIpc) is 3.28. The fourth-order valence-electron chi connectivity index (χ4n) is 3.54. The van der Waals surface area contributed by atoms with E-state index in [0.717, 1.165) is 12.8 Å². The number of hydrogen-bond acceptors (Lipinski definition) is 5. The van der Waals surface area contributed by atoms with Gasteiger partial charge in [0.15, 0.2) is 11.5 Å². The number of nitrogens with one attached hydrogen (secondary N) is 2. The van der Waals surface area contributed by atoms with Gasteiger partial charge in [0.25, 0.3) is 15.9 Å². The van der Waals surface area contributed by atoms with Crippen molar-refractivity contribution in [1.29, 1.82) is 0 Å². The number of H-pyrrole nitrogens is 1. The summed E-state index contributed by atoms with van der Waals surface area (Å²) >= 11 is 0. The Morgan fingerprint density at radius 2 is 1.71 bits per heavy atom. The molecular weight excluding hydrogens is 382 g/mol. The van der Waals surface area contributed by atoms with Gasteiger partial charge in [-0.25, -0.2) is 8.42 Å². The molecule has 28 heavy (non-hydrogen) atoms. The number of rotatable bonds is 6. The van der Waals surface area contributed by atoms with Gasteiger partial charge in [-0.3, -0.25) is 9.52 Å². The van der Waals surface area contributed by atoms with E-state index < -0.39 is 10.0 Å². The molecule has 2 N–H and O–H groups in total. The normalized spacial score (nSPS) is 14.2. The molecule has 0 unspecified atom stereocenters. The van der Waals surface area contributed by atoms with Gasteiger partial charge in [-0.2, -0.15) is 0 Å². The van der Waals surface area contributed by atoms with Crippen LogP contribution in [0, 0.1) is 13.8 Å². The molecule has 1 fully saturated rings. The zero-order chi connectivity index (χ0) is 20.5. The van der Waals surface area contributed by atoms with Crippen LogP contribution in [0.4, 0.5) is 5.69 Å². The monoisotopic (exact) mass is 407 g/mol. The molecule has 1 aliphatic heterocycles. The van der Waals surface area contributed by atoms with E-state index in [9.17, 15) is 13.2 Å². The quantitative estimate of drug-likeness (QED) is 0.767. The van der Waals surface area contributed by atoms with Gasteiger partial charge in [0.05, 0.1) is 25.5 Å². The van der Waals surface area contributed by atoms with Gasteiger partial charge in [0.1, 0.15) is 4.90 Å². The zero-order valence-electron chi connectivity index (χ0n) is 16.5. The van der Waals surface area contributed by atoms with Crippen LogP contribution >= 0.6 is 0 Å². The van der Waals surface area contributed by atoms with Crippen LogP contribution in [0.2, 0.25) is 0 Å². The molecule has 0 bridgehead atoms. The van der Waals surface area contributed by atoms with Gasteiger partial charge >= 0.3 is 0 Å². The number of ether oxygens (including phenoxy) is 2. The van der Waals surface area contributed by atoms with Gasteiger partial charge in [-0.05, 0) is 38.8 Å². The second-order valence-electron chi connectivity index (χ2n) is 6.75. The summed E-state index contributed by atoms with van der Waals surface area (Å²) in [5, 5.41) is 0. The summed E-state index contributed by atoms with van der Waals surface area (Å²) in [6.45, 7) is 4.65. The molecule has 1 aromatic heterocycles. The Balaban J connectivity index is 1.99. The molecule has 3 rings (SSSR count). The molecule has 1 amide bonds. The molecule has 0 saturated carbocycles. The van der Waals surface area contributed by atoms with E-state index in [2.05, 4.69) is 9.71 Å². The number of sulfonamides is 1. The van der Waals surface area contributed by atoms with Crippen LogP contribution in [-0.4, -0.2) is 51.5 Å². The Morgan fingerprint density at radius 3 is 2.32 bits per heavy atom. The lowest BCUT2D eigenvalue weighted by Crippen LogP contribution is -2.29. The first-order chi connectivity index (χ1) is 13.3. The van der Waals surface area contributed by atoms with Crippen LogP contribution in [-0.2, 0) is 10.0 Å². The zero-order valence-corrected chi connectivity index (χ0v) is 17.3. The maximum atomic E-state index is 13.2. The van der Waals surface area contributed by atoms with Gasteiger partial charge < -0.3 is 19.4 Å². The lowest BCUT2D eigenvalue weighted by atomic mass is 10.2. The molecule has 2 aromatic rings. The molecule has 2 heterocycles. The second-order valence-corrected chi connectivity index (χ2v) is 8.37. The fourth-order valence-corrected chi connectivity index (χ4v) is 5.04. The van der Waals surface area contributed by atoms with Crippen LogP contribution in [0.5, 0.6) is 11.5 Å². The molecule has 0 aliphatic carbocycles. The molecule has 0 atom stereocenters. The molecule has 1 aliphatic rings. The SMILES string of the molecule is COc1ccc(NS(=O)(=O)c2c(C)[nH]c(C)c2C(=O)N2CCCC2)cc1OC. The summed E-state index contributed by atoms with van der Waals surface area (Å²) in [4.78, 5) is 17.6. The highest BCUT2D eigenvalue weighted by molar-refractivity contribution is 7.92. The number of carbonyl (C=O) groups is 1. The van der Waals surface area contributed by atoms with Crippen LogP contribution in [0.3, 0.4) is 0 Å². The van der Waals surface area contributed by atoms with Crippen molar-refractivity contribution in [3.05, 3.63) is 35.2 Å². The van der Waals surface area contributed by atoms with Crippen molar-refractivity contribution in [2.24, 2.45) is 0 Å². The Morgan fingerprint density at radius 1 is 1.07 bits per heavy atom. The number of nitrogens with zero attached hydrogens (tertiary/aromatic N) is 1. The fraction of sp³-hybridized carbons (Fsp3) is 0.421. The average molecular weight is 407 g/mol. The molecule has 9 heteroatoms. The van der Waals surface area contributed by atoms with Crippen molar-refractivity contribution in [2.45, 2.75) is 31.6 Å². The molecular formula is C19H25N3O5S. The first kappa shape index (κ1) is 20.1. The number of aromatic nitrogens is 1. The van der Waals surface area contributed by atoms with Crippen LogP contribution in [0.15, 0.2) is 23.1 Å². The van der Waals surface area contributed by atoms with E-state index in [-0.39, 0.29) is 16.4 Å². The Kier molecular flexibility index (Phi) is 5.55. The third kappa shape index (κ3) is 3.66. The third-order valence-corrected chi connectivity index (χ3v) is 6.38. The van der Waals surface area contributed by atoms with Crippen LogP contribution in [0.25, 0.3) is 0 Å². The molecule has 8 nitrogen and oxygen atoms in total. The van der Waals surface area contributed by atoms with Gasteiger partial charge in [-0.1, -0.05) is 0 Å². The molecule has 1 saturated heterocycles. The maximum Gasteiger partial charge on any atom is 0.264 e. The first-order valence-corrected chi connectivity index (χ1v) is 10.5. The summed E-state index contributed by atoms with van der Waals surface area (Å²) in [6, 6.07) is 4.73. The van der Waals surface area contributed by atoms with E-state index in [1.807, 2.05) is 0 Å². The Labute approximate surface area is 164 Å². The highest BCUT2D eigenvalue weighted by atomic mass is 32.2. The largest absolute Gasteiger partial charge is 0.493 e. The molecule has 0 radical (unpaired) electrons. The Hall–Kier alpha value is -2.68. The summed E-state index contributed by atoms with van der Waals surface area (Å²) in [6.07, 6.45) is 1.86.